The number of carboxylic acids is 2. The fourth-order valence-corrected chi connectivity index (χ4v) is 1.60. The van der Waals surface area contributed by atoms with Gasteiger partial charge >= 0.3 is 16.8 Å². The zero-order chi connectivity index (χ0) is 15.1. The molecule has 5 heteroatoms. The van der Waals surface area contributed by atoms with Gasteiger partial charge in [-0.3, -0.25) is 0 Å². The Labute approximate surface area is 133 Å². The maximum Gasteiger partial charge on any atom is 2.00 e. The number of hydrogen-bond donors (Lipinski definition) is 0. The quantitative estimate of drug-likeness (QED) is 0.813. The molecule has 0 aromatic heterocycles. The van der Waals surface area contributed by atoms with Gasteiger partial charge in [0.2, 0.25) is 0 Å². The molecule has 0 bridgehead atoms. The minimum absolute atomic E-state index is 0. The minimum atomic E-state index is -1.11. The van der Waals surface area contributed by atoms with Gasteiger partial charge in [0.1, 0.15) is 0 Å². The maximum absolute atomic E-state index is 10.3. The number of carbonyl (C=O) groups excluding carboxylic acids is 2. The van der Waals surface area contributed by atoms with E-state index in [1.54, 1.807) is 50.2 Å². The molecule has 0 N–H and O–H groups in total. The molecule has 0 aliphatic rings. The molecule has 4 nitrogen and oxygen atoms in total. The average Bonchev–Trinajstić information content (AvgIpc) is 2.40. The van der Waals surface area contributed by atoms with Crippen LogP contribution < -0.4 is 10.2 Å². The van der Waals surface area contributed by atoms with Crippen molar-refractivity contribution in [2.75, 3.05) is 0 Å². The van der Waals surface area contributed by atoms with Gasteiger partial charge in [0.05, 0.1) is 11.9 Å². The van der Waals surface area contributed by atoms with Crippen LogP contribution in [0.25, 0.3) is 0 Å². The van der Waals surface area contributed by atoms with Crippen molar-refractivity contribution >= 4 is 11.9 Å². The summed E-state index contributed by atoms with van der Waals surface area (Å²) in [6, 6.07) is 13.5. The van der Waals surface area contributed by atoms with E-state index in [0.29, 0.717) is 0 Å². The molecule has 0 atom stereocenters. The molecule has 2 rings (SSSR count). The van der Waals surface area contributed by atoms with E-state index in [2.05, 4.69) is 0 Å². The first kappa shape index (κ1) is 18.9. The van der Waals surface area contributed by atoms with E-state index in [-0.39, 0.29) is 27.9 Å². The molecule has 0 saturated carbocycles. The van der Waals surface area contributed by atoms with E-state index >= 15 is 0 Å². The molecule has 0 saturated heterocycles. The van der Waals surface area contributed by atoms with Gasteiger partial charge in [0.15, 0.2) is 0 Å². The second kappa shape index (κ2) is 8.94. The number of carboxylic acid groups (broad SMARTS) is 2. The van der Waals surface area contributed by atoms with Crippen molar-refractivity contribution in [1.29, 1.82) is 0 Å². The summed E-state index contributed by atoms with van der Waals surface area (Å²) in [5, 5.41) is 20.6. The average molecular weight is 329 g/mol. The summed E-state index contributed by atoms with van der Waals surface area (Å²) in [5.41, 5.74) is 2.01. The summed E-state index contributed by atoms with van der Waals surface area (Å²) in [4.78, 5) is 20.6. The summed E-state index contributed by atoms with van der Waals surface area (Å²) in [7, 11) is 0. The molecule has 0 spiro atoms. The second-order valence-electron chi connectivity index (χ2n) is 4.20. The Balaban J connectivity index is 0.000000364. The van der Waals surface area contributed by atoms with E-state index in [9.17, 15) is 19.8 Å². The molecule has 2 aromatic carbocycles. The summed E-state index contributed by atoms with van der Waals surface area (Å²) in [6.07, 6.45) is 0. The predicted molar refractivity (Wildman–Crippen MR) is 71.0 cm³/mol. The third-order valence-corrected chi connectivity index (χ3v) is 2.73. The van der Waals surface area contributed by atoms with Crippen molar-refractivity contribution in [3.8, 4) is 0 Å². The SMILES string of the molecule is Cc1ccccc1C(=O)[O-].Cc1ccccc1C(=O)[O-].[Co+2]. The fourth-order valence-electron chi connectivity index (χ4n) is 1.60. The fraction of sp³-hybridized carbons (Fsp3) is 0.125. The van der Waals surface area contributed by atoms with Crippen LogP contribution in [-0.4, -0.2) is 11.9 Å². The number of benzene rings is 2. The summed E-state index contributed by atoms with van der Waals surface area (Å²) < 4.78 is 0. The predicted octanol–water partition coefficient (Wildman–Crippen LogP) is 0.715. The van der Waals surface area contributed by atoms with E-state index in [1.165, 1.54) is 12.1 Å². The first-order chi connectivity index (χ1) is 9.43. The Morgan fingerprint density at radius 2 is 1.00 bits per heavy atom. The van der Waals surface area contributed by atoms with Crippen LogP contribution in [0.3, 0.4) is 0 Å². The van der Waals surface area contributed by atoms with Crippen LogP contribution in [0.5, 0.6) is 0 Å². The first-order valence-corrected chi connectivity index (χ1v) is 5.97. The number of hydrogen-bond acceptors (Lipinski definition) is 4. The van der Waals surface area contributed by atoms with Crippen LogP contribution >= 0.6 is 0 Å². The third kappa shape index (κ3) is 5.80. The molecule has 0 amide bonds. The Hall–Kier alpha value is -2.11. The van der Waals surface area contributed by atoms with Crippen LogP contribution in [0.1, 0.15) is 31.8 Å². The molecule has 111 valence electrons. The molecule has 0 unspecified atom stereocenters. The normalized spacial score (nSPS) is 8.86. The van der Waals surface area contributed by atoms with Gasteiger partial charge in [-0.1, -0.05) is 48.5 Å². The zero-order valence-corrected chi connectivity index (χ0v) is 12.6. The van der Waals surface area contributed by atoms with Crippen LogP contribution in [0.2, 0.25) is 0 Å². The van der Waals surface area contributed by atoms with Crippen LogP contribution in [0.15, 0.2) is 48.5 Å². The van der Waals surface area contributed by atoms with E-state index in [0.717, 1.165) is 11.1 Å². The molecule has 0 heterocycles. The van der Waals surface area contributed by atoms with E-state index in [4.69, 9.17) is 0 Å². The smallest absolute Gasteiger partial charge is 0.545 e. The molecule has 1 radical (unpaired) electrons. The Bertz CT molecular complexity index is 568. The molecule has 21 heavy (non-hydrogen) atoms. The molecular formula is C16H14CoO4. The summed E-state index contributed by atoms with van der Waals surface area (Å²) in [5.74, 6) is -2.23. The van der Waals surface area contributed by atoms with Crippen LogP contribution in [-0.2, 0) is 16.8 Å². The standard InChI is InChI=1S/2C8H8O2.Co/c2*1-6-4-2-3-5-7(6)8(9)10;/h2*2-5H,1H3,(H,9,10);/q;;+2/p-2. The van der Waals surface area contributed by atoms with Crippen LogP contribution in [0, 0.1) is 13.8 Å². The molecule has 0 aliphatic heterocycles. The number of rotatable bonds is 2. The zero-order valence-electron chi connectivity index (χ0n) is 11.6. The molecular weight excluding hydrogens is 315 g/mol. The van der Waals surface area contributed by atoms with Crippen LogP contribution in [0.4, 0.5) is 0 Å². The van der Waals surface area contributed by atoms with Crippen molar-refractivity contribution in [2.24, 2.45) is 0 Å². The maximum atomic E-state index is 10.3. The van der Waals surface area contributed by atoms with Crippen molar-refractivity contribution < 1.29 is 36.6 Å². The Morgan fingerprint density at radius 1 is 0.714 bits per heavy atom. The minimum Gasteiger partial charge on any atom is -0.545 e. The number of aromatic carboxylic acids is 2. The van der Waals surface area contributed by atoms with Gasteiger partial charge in [0, 0.05) is 11.1 Å². The largest absolute Gasteiger partial charge is 2.00 e. The molecule has 2 aromatic rings. The monoisotopic (exact) mass is 329 g/mol. The number of carbonyl (C=O) groups is 2. The van der Waals surface area contributed by atoms with Gasteiger partial charge in [-0.15, -0.1) is 0 Å². The topological polar surface area (TPSA) is 80.3 Å². The third-order valence-electron chi connectivity index (χ3n) is 2.73. The van der Waals surface area contributed by atoms with E-state index in [1.807, 2.05) is 0 Å². The summed E-state index contributed by atoms with van der Waals surface area (Å²) >= 11 is 0. The van der Waals surface area contributed by atoms with Crippen molar-refractivity contribution in [2.45, 2.75) is 13.8 Å². The van der Waals surface area contributed by atoms with E-state index < -0.39 is 11.9 Å². The Kier molecular flexibility index (Phi) is 8.04. The van der Waals surface area contributed by atoms with Crippen molar-refractivity contribution in [1.82, 2.24) is 0 Å². The molecule has 0 aliphatic carbocycles. The molecule has 0 fully saturated rings. The summed E-state index contributed by atoms with van der Waals surface area (Å²) in [6.45, 7) is 3.48. The van der Waals surface area contributed by atoms with Gasteiger partial charge < -0.3 is 19.8 Å². The first-order valence-electron chi connectivity index (χ1n) is 5.97. The van der Waals surface area contributed by atoms with Gasteiger partial charge in [-0.2, -0.15) is 0 Å². The van der Waals surface area contributed by atoms with Gasteiger partial charge in [0.25, 0.3) is 0 Å². The Morgan fingerprint density at radius 3 is 1.19 bits per heavy atom. The van der Waals surface area contributed by atoms with Gasteiger partial charge in [-0.25, -0.2) is 0 Å². The second-order valence-corrected chi connectivity index (χ2v) is 4.20. The van der Waals surface area contributed by atoms with Crippen molar-refractivity contribution in [3.63, 3.8) is 0 Å². The van der Waals surface area contributed by atoms with Gasteiger partial charge in [-0.05, 0) is 25.0 Å². The number of aryl methyl sites for hydroxylation is 2. The van der Waals surface area contributed by atoms with Crippen molar-refractivity contribution in [3.05, 3.63) is 70.8 Å².